The number of para-hydroxylation sites is 3. The molecule has 5 atom stereocenters. The average molecular weight is 679 g/mol. The maximum atomic E-state index is 14.4. The fourth-order valence-electron chi connectivity index (χ4n) is 10.1. The van der Waals surface area contributed by atoms with Gasteiger partial charge in [0, 0.05) is 46.0 Å². The highest BCUT2D eigenvalue weighted by Crippen LogP contribution is 2.87. The van der Waals surface area contributed by atoms with E-state index >= 15 is 0 Å². The molecule has 51 heavy (non-hydrogen) atoms. The topological polar surface area (TPSA) is 56.3 Å². The lowest BCUT2D eigenvalue weighted by Gasteiger charge is -2.38. The molecule has 0 saturated heterocycles. The van der Waals surface area contributed by atoms with Crippen LogP contribution in [0.4, 0.5) is 47.6 Å². The summed E-state index contributed by atoms with van der Waals surface area (Å²) in [7, 11) is 0. The molecule has 4 heterocycles. The molecule has 1 spiro atoms. The van der Waals surface area contributed by atoms with Gasteiger partial charge in [-0.15, -0.1) is 0 Å². The van der Waals surface area contributed by atoms with Crippen LogP contribution in [0.3, 0.4) is 0 Å². The lowest BCUT2D eigenvalue weighted by atomic mass is 9.80. The van der Waals surface area contributed by atoms with Crippen LogP contribution in [0.25, 0.3) is 11.1 Å². The summed E-state index contributed by atoms with van der Waals surface area (Å²) in [6.07, 6.45) is -1.67. The monoisotopic (exact) mass is 678 g/mol. The summed E-state index contributed by atoms with van der Waals surface area (Å²) >= 11 is 0. The minimum Gasteiger partial charge on any atom is -0.365 e. The van der Waals surface area contributed by atoms with Crippen molar-refractivity contribution in [3.8, 4) is 11.1 Å². The first kappa shape index (κ1) is 30.0. The van der Waals surface area contributed by atoms with Crippen LogP contribution in [0.5, 0.6) is 0 Å². The molecule has 0 bridgehead atoms. The highest BCUT2D eigenvalue weighted by atomic mass is 19.4. The van der Waals surface area contributed by atoms with Gasteiger partial charge in [-0.25, -0.2) is 9.97 Å². The van der Waals surface area contributed by atoms with Gasteiger partial charge in [0.25, 0.3) is 0 Å². The second-order valence-corrected chi connectivity index (χ2v) is 14.2. The Labute approximate surface area is 293 Å². The van der Waals surface area contributed by atoms with Gasteiger partial charge < -0.3 is 20.4 Å². The van der Waals surface area contributed by atoms with E-state index in [4.69, 9.17) is 9.97 Å². The number of alkyl halides is 3. The lowest BCUT2D eigenvalue weighted by Crippen LogP contribution is -2.49. The van der Waals surface area contributed by atoms with Gasteiger partial charge in [-0.1, -0.05) is 98.8 Å². The van der Waals surface area contributed by atoms with Crippen LogP contribution in [0.2, 0.25) is 0 Å². The minimum atomic E-state index is -4.51. The van der Waals surface area contributed by atoms with Gasteiger partial charge in [0.1, 0.15) is 12.3 Å². The van der Waals surface area contributed by atoms with E-state index < -0.39 is 28.0 Å². The molecule has 0 radical (unpaired) electrons. The van der Waals surface area contributed by atoms with Gasteiger partial charge in [-0.3, -0.25) is 0 Å². The van der Waals surface area contributed by atoms with Crippen molar-refractivity contribution < 1.29 is 13.2 Å². The number of nitrogens with zero attached hydrogens (tertiary/aromatic N) is 4. The predicted molar refractivity (Wildman–Crippen MR) is 194 cm³/mol. The molecule has 2 N–H and O–H groups in total. The fourth-order valence-corrected chi connectivity index (χ4v) is 10.1. The number of nitrogens with one attached hydrogen (secondary N) is 2. The Bertz CT molecular complexity index is 2350. The molecule has 1 aliphatic carbocycles. The van der Waals surface area contributed by atoms with Gasteiger partial charge in [0.05, 0.1) is 11.0 Å². The highest BCUT2D eigenvalue weighted by Gasteiger charge is 2.93. The summed E-state index contributed by atoms with van der Waals surface area (Å²) in [6, 6.07) is 40.6. The van der Waals surface area contributed by atoms with Crippen LogP contribution in [0.15, 0.2) is 140 Å². The van der Waals surface area contributed by atoms with Crippen LogP contribution in [-0.4, -0.2) is 22.3 Å². The molecule has 1 fully saturated rings. The van der Waals surface area contributed by atoms with Crippen LogP contribution >= 0.6 is 0 Å². The quantitative estimate of drug-likeness (QED) is 0.194. The molecule has 5 unspecified atom stereocenters. The summed E-state index contributed by atoms with van der Waals surface area (Å²) in [4.78, 5) is 14.4. The molecule has 1 aromatic heterocycles. The highest BCUT2D eigenvalue weighted by molar-refractivity contribution is 5.94. The van der Waals surface area contributed by atoms with Crippen molar-refractivity contribution in [2.24, 2.45) is 5.41 Å². The molecular weight excluding hydrogens is 645 g/mol. The molecule has 3 aliphatic heterocycles. The van der Waals surface area contributed by atoms with Crippen molar-refractivity contribution in [2.75, 3.05) is 20.4 Å². The Hall–Kier alpha value is -5.83. The van der Waals surface area contributed by atoms with Gasteiger partial charge in [0.2, 0.25) is 0 Å². The number of benzene rings is 5. The molecule has 0 amide bonds. The fraction of sp³-hybridized carbons (Fsp3) is 0.190. The standard InChI is InChI=1S/C42H33F3N6/c1-39-31-19-11-12-20-33(31)49-37(48-27-13-5-3-6-14-27)40(39,2)41(39)32-22-21-26(29-17-9-10-18-30(29)42(43,44)45)25-34(32)51-36-35(46-23-24-47-36)50(38(41)51)28-15-7-4-8-16-28/h3-25,37-38,48-49H,1-2H3. The molecule has 252 valence electrons. The van der Waals surface area contributed by atoms with E-state index in [0.717, 1.165) is 34.4 Å². The summed E-state index contributed by atoms with van der Waals surface area (Å²) < 4.78 is 43.2. The molecule has 4 aliphatic rings. The molecular formula is C42H33F3N6. The van der Waals surface area contributed by atoms with Crippen molar-refractivity contribution in [3.05, 3.63) is 156 Å². The van der Waals surface area contributed by atoms with Crippen molar-refractivity contribution in [1.82, 2.24) is 9.97 Å². The average Bonchev–Trinajstić information content (AvgIpc) is 3.36. The van der Waals surface area contributed by atoms with Crippen molar-refractivity contribution in [3.63, 3.8) is 0 Å². The zero-order chi connectivity index (χ0) is 34.8. The Balaban J connectivity index is 1.28. The third-order valence-corrected chi connectivity index (χ3v) is 12.3. The first-order chi connectivity index (χ1) is 24.7. The number of hydrogen-bond donors (Lipinski definition) is 2. The molecule has 9 heteroatoms. The largest absolute Gasteiger partial charge is 0.417 e. The third kappa shape index (κ3) is 3.63. The third-order valence-electron chi connectivity index (χ3n) is 12.3. The zero-order valence-corrected chi connectivity index (χ0v) is 27.9. The molecule has 6 nitrogen and oxygen atoms in total. The molecule has 10 rings (SSSR count). The van der Waals surface area contributed by atoms with Gasteiger partial charge >= 0.3 is 6.18 Å². The maximum absolute atomic E-state index is 14.4. The first-order valence-corrected chi connectivity index (χ1v) is 17.1. The number of anilines is 6. The summed E-state index contributed by atoms with van der Waals surface area (Å²) in [6.45, 7) is 4.71. The summed E-state index contributed by atoms with van der Waals surface area (Å²) in [5, 5.41) is 7.77. The van der Waals surface area contributed by atoms with E-state index in [1.165, 1.54) is 11.6 Å². The number of fused-ring (bicyclic) bond motifs is 12. The van der Waals surface area contributed by atoms with E-state index in [1.54, 1.807) is 24.5 Å². The van der Waals surface area contributed by atoms with E-state index in [-0.39, 0.29) is 17.9 Å². The number of halogens is 3. The predicted octanol–water partition coefficient (Wildman–Crippen LogP) is 9.87. The van der Waals surface area contributed by atoms with E-state index in [0.29, 0.717) is 17.2 Å². The van der Waals surface area contributed by atoms with Crippen molar-refractivity contribution >= 4 is 34.4 Å². The SMILES string of the molecule is CC12c3ccccc3NC(Nc3ccccc3)C1(C)C21c2ccc(-c3ccccc3C(F)(F)F)cc2N2c3nccnc3N(c3ccccc3)C21. The maximum Gasteiger partial charge on any atom is 0.417 e. The second-order valence-electron chi connectivity index (χ2n) is 14.2. The Morgan fingerprint density at radius 2 is 1.35 bits per heavy atom. The van der Waals surface area contributed by atoms with Gasteiger partial charge in [-0.05, 0) is 64.7 Å². The summed E-state index contributed by atoms with van der Waals surface area (Å²) in [5.74, 6) is 1.39. The Kier molecular flexibility index (Phi) is 5.96. The lowest BCUT2D eigenvalue weighted by molar-refractivity contribution is -0.137. The van der Waals surface area contributed by atoms with Gasteiger partial charge in [-0.2, -0.15) is 13.2 Å². The molecule has 1 saturated carbocycles. The number of aromatic nitrogens is 2. The number of hydrogen-bond acceptors (Lipinski definition) is 6. The second kappa shape index (κ2) is 10.1. The van der Waals surface area contributed by atoms with Crippen LogP contribution < -0.4 is 20.4 Å². The zero-order valence-electron chi connectivity index (χ0n) is 27.9. The van der Waals surface area contributed by atoms with E-state index in [1.807, 2.05) is 48.5 Å². The smallest absolute Gasteiger partial charge is 0.365 e. The Morgan fingerprint density at radius 3 is 2.10 bits per heavy atom. The van der Waals surface area contributed by atoms with Gasteiger partial charge in [0.15, 0.2) is 11.6 Å². The minimum absolute atomic E-state index is 0.144. The summed E-state index contributed by atoms with van der Waals surface area (Å²) in [5.41, 5.74) is 4.55. The van der Waals surface area contributed by atoms with Crippen molar-refractivity contribution in [2.45, 2.75) is 43.2 Å². The molecule has 6 aromatic rings. The van der Waals surface area contributed by atoms with Crippen LogP contribution in [-0.2, 0) is 17.0 Å². The van der Waals surface area contributed by atoms with Crippen LogP contribution in [0, 0.1) is 5.41 Å². The first-order valence-electron chi connectivity index (χ1n) is 17.1. The number of rotatable bonds is 4. The van der Waals surface area contributed by atoms with E-state index in [2.05, 4.69) is 88.9 Å². The van der Waals surface area contributed by atoms with Crippen molar-refractivity contribution in [1.29, 1.82) is 0 Å². The Morgan fingerprint density at radius 1 is 0.706 bits per heavy atom. The normalized spacial score (nSPS) is 26.5. The molecule has 5 aromatic carbocycles. The van der Waals surface area contributed by atoms with E-state index in [9.17, 15) is 13.2 Å². The van der Waals surface area contributed by atoms with Crippen LogP contribution in [0.1, 0.15) is 30.5 Å².